The molecule has 0 aliphatic heterocycles. The molecule has 0 bridgehead atoms. The molecular weight excluding hydrogens is 200 g/mol. The normalized spacial score (nSPS) is 14.9. The molecule has 0 heterocycles. The number of hydrogen-bond acceptors (Lipinski definition) is 3. The summed E-state index contributed by atoms with van der Waals surface area (Å²) in [5, 5.41) is 0. The van der Waals surface area contributed by atoms with Crippen molar-refractivity contribution < 1.29 is 4.74 Å². The molecule has 0 aliphatic rings. The molecule has 2 unspecified atom stereocenters. The third-order valence-electron chi connectivity index (χ3n) is 3.24. The number of aryl methyl sites for hydroxylation is 3. The number of rotatable bonds is 4. The molecular formula is C13H22N2O. The van der Waals surface area contributed by atoms with Crippen molar-refractivity contribution in [1.82, 2.24) is 5.43 Å². The highest BCUT2D eigenvalue weighted by molar-refractivity contribution is 5.38. The summed E-state index contributed by atoms with van der Waals surface area (Å²) in [5.41, 5.74) is 7.87. The quantitative estimate of drug-likeness (QED) is 0.606. The SMILES string of the molecule is COC(C)C(NN)c1cc(C)c(C)cc1C. The van der Waals surface area contributed by atoms with Crippen molar-refractivity contribution in [3.05, 3.63) is 34.4 Å². The predicted molar refractivity (Wildman–Crippen MR) is 67.2 cm³/mol. The Hall–Kier alpha value is -0.900. The van der Waals surface area contributed by atoms with Gasteiger partial charge in [-0.25, -0.2) is 0 Å². The van der Waals surface area contributed by atoms with Crippen LogP contribution in [0.3, 0.4) is 0 Å². The molecule has 90 valence electrons. The zero-order valence-corrected chi connectivity index (χ0v) is 10.8. The van der Waals surface area contributed by atoms with Gasteiger partial charge in [-0.05, 0) is 49.9 Å². The minimum atomic E-state index is 0.0318. The number of nitrogens with two attached hydrogens (primary N) is 1. The van der Waals surface area contributed by atoms with Crippen molar-refractivity contribution >= 4 is 0 Å². The summed E-state index contributed by atoms with van der Waals surface area (Å²) in [6.07, 6.45) is 0.0470. The third kappa shape index (κ3) is 2.61. The van der Waals surface area contributed by atoms with E-state index in [-0.39, 0.29) is 12.1 Å². The lowest BCUT2D eigenvalue weighted by Gasteiger charge is -2.25. The molecule has 0 saturated heterocycles. The van der Waals surface area contributed by atoms with Gasteiger partial charge in [-0.1, -0.05) is 12.1 Å². The Morgan fingerprint density at radius 3 is 2.19 bits per heavy atom. The zero-order chi connectivity index (χ0) is 12.3. The van der Waals surface area contributed by atoms with Crippen LogP contribution in [-0.4, -0.2) is 13.2 Å². The summed E-state index contributed by atoms with van der Waals surface area (Å²) in [6.45, 7) is 8.35. The van der Waals surface area contributed by atoms with Crippen molar-refractivity contribution in [1.29, 1.82) is 0 Å². The number of hydrogen-bond donors (Lipinski definition) is 2. The Morgan fingerprint density at radius 1 is 1.12 bits per heavy atom. The Bertz CT molecular complexity index is 363. The molecule has 0 aliphatic carbocycles. The van der Waals surface area contributed by atoms with E-state index in [0.29, 0.717) is 0 Å². The van der Waals surface area contributed by atoms with Crippen LogP contribution in [0.4, 0.5) is 0 Å². The van der Waals surface area contributed by atoms with Crippen LogP contribution in [0.25, 0.3) is 0 Å². The second-order valence-corrected chi connectivity index (χ2v) is 4.38. The molecule has 0 aromatic heterocycles. The van der Waals surface area contributed by atoms with E-state index in [1.54, 1.807) is 7.11 Å². The Labute approximate surface area is 98.0 Å². The van der Waals surface area contributed by atoms with E-state index in [1.807, 2.05) is 6.92 Å². The minimum Gasteiger partial charge on any atom is -0.380 e. The standard InChI is InChI=1S/C13H22N2O/c1-8-6-10(3)12(7-9(8)2)13(15-14)11(4)16-5/h6-7,11,13,15H,14H2,1-5H3. The van der Waals surface area contributed by atoms with E-state index in [1.165, 1.54) is 22.3 Å². The van der Waals surface area contributed by atoms with Crippen molar-refractivity contribution in [3.63, 3.8) is 0 Å². The van der Waals surface area contributed by atoms with E-state index in [4.69, 9.17) is 10.6 Å². The molecule has 3 nitrogen and oxygen atoms in total. The molecule has 0 saturated carbocycles. The van der Waals surface area contributed by atoms with Crippen LogP contribution >= 0.6 is 0 Å². The third-order valence-corrected chi connectivity index (χ3v) is 3.24. The predicted octanol–water partition coefficient (Wildman–Crippen LogP) is 2.15. The smallest absolute Gasteiger partial charge is 0.0750 e. The van der Waals surface area contributed by atoms with Gasteiger partial charge in [-0.2, -0.15) is 0 Å². The summed E-state index contributed by atoms with van der Waals surface area (Å²) >= 11 is 0. The Kier molecular flexibility index (Phi) is 4.47. The molecule has 1 rings (SSSR count). The molecule has 1 aromatic carbocycles. The molecule has 3 N–H and O–H groups in total. The van der Waals surface area contributed by atoms with Crippen LogP contribution in [0.15, 0.2) is 12.1 Å². The highest BCUT2D eigenvalue weighted by Gasteiger charge is 2.19. The van der Waals surface area contributed by atoms with Gasteiger partial charge >= 0.3 is 0 Å². The van der Waals surface area contributed by atoms with Gasteiger partial charge < -0.3 is 4.74 Å². The number of methoxy groups -OCH3 is 1. The summed E-state index contributed by atoms with van der Waals surface area (Å²) in [6, 6.07) is 4.41. The fourth-order valence-corrected chi connectivity index (χ4v) is 1.93. The molecule has 0 fully saturated rings. The Morgan fingerprint density at radius 2 is 1.69 bits per heavy atom. The molecule has 16 heavy (non-hydrogen) atoms. The zero-order valence-electron chi connectivity index (χ0n) is 10.8. The average Bonchev–Trinajstić information content (AvgIpc) is 2.26. The van der Waals surface area contributed by atoms with Gasteiger partial charge in [0.2, 0.25) is 0 Å². The number of benzene rings is 1. The van der Waals surface area contributed by atoms with E-state index in [2.05, 4.69) is 38.3 Å². The fraction of sp³-hybridized carbons (Fsp3) is 0.538. The van der Waals surface area contributed by atoms with Crippen molar-refractivity contribution in [3.8, 4) is 0 Å². The van der Waals surface area contributed by atoms with Gasteiger partial charge in [0.15, 0.2) is 0 Å². The maximum Gasteiger partial charge on any atom is 0.0750 e. The molecule has 2 atom stereocenters. The molecule has 0 amide bonds. The molecule has 0 radical (unpaired) electrons. The van der Waals surface area contributed by atoms with E-state index in [0.717, 1.165) is 0 Å². The molecule has 1 aromatic rings. The topological polar surface area (TPSA) is 47.3 Å². The lowest BCUT2D eigenvalue weighted by atomic mass is 9.94. The van der Waals surface area contributed by atoms with Gasteiger partial charge in [0.25, 0.3) is 0 Å². The summed E-state index contributed by atoms with van der Waals surface area (Å²) in [4.78, 5) is 0. The van der Waals surface area contributed by atoms with Crippen molar-refractivity contribution in [2.45, 2.75) is 39.8 Å². The highest BCUT2D eigenvalue weighted by atomic mass is 16.5. The van der Waals surface area contributed by atoms with Crippen LogP contribution in [0.5, 0.6) is 0 Å². The van der Waals surface area contributed by atoms with E-state index >= 15 is 0 Å². The number of nitrogens with one attached hydrogen (secondary N) is 1. The number of hydrazine groups is 1. The summed E-state index contributed by atoms with van der Waals surface area (Å²) in [5.74, 6) is 5.61. The first-order valence-corrected chi connectivity index (χ1v) is 5.58. The van der Waals surface area contributed by atoms with Crippen LogP contribution < -0.4 is 11.3 Å². The average molecular weight is 222 g/mol. The highest BCUT2D eigenvalue weighted by Crippen LogP contribution is 2.24. The van der Waals surface area contributed by atoms with Crippen molar-refractivity contribution in [2.24, 2.45) is 5.84 Å². The minimum absolute atomic E-state index is 0.0318. The monoisotopic (exact) mass is 222 g/mol. The first kappa shape index (κ1) is 13.2. The lowest BCUT2D eigenvalue weighted by molar-refractivity contribution is 0.0828. The van der Waals surface area contributed by atoms with E-state index in [9.17, 15) is 0 Å². The van der Waals surface area contributed by atoms with Crippen LogP contribution in [0.1, 0.15) is 35.2 Å². The van der Waals surface area contributed by atoms with Gasteiger partial charge in [0, 0.05) is 7.11 Å². The summed E-state index contributed by atoms with van der Waals surface area (Å²) in [7, 11) is 1.70. The van der Waals surface area contributed by atoms with E-state index < -0.39 is 0 Å². The van der Waals surface area contributed by atoms with Gasteiger partial charge in [-0.3, -0.25) is 11.3 Å². The number of ether oxygens (including phenoxy) is 1. The van der Waals surface area contributed by atoms with Crippen LogP contribution in [0, 0.1) is 20.8 Å². The first-order valence-electron chi connectivity index (χ1n) is 5.58. The van der Waals surface area contributed by atoms with Crippen molar-refractivity contribution in [2.75, 3.05) is 7.11 Å². The lowest BCUT2D eigenvalue weighted by Crippen LogP contribution is -2.36. The second-order valence-electron chi connectivity index (χ2n) is 4.38. The second kappa shape index (κ2) is 5.43. The maximum absolute atomic E-state index is 5.61. The first-order chi connectivity index (χ1) is 7.51. The van der Waals surface area contributed by atoms with Gasteiger partial charge in [0.1, 0.15) is 0 Å². The molecule has 3 heteroatoms. The fourth-order valence-electron chi connectivity index (χ4n) is 1.93. The summed E-state index contributed by atoms with van der Waals surface area (Å²) < 4.78 is 5.34. The Balaban J connectivity index is 3.15. The van der Waals surface area contributed by atoms with Crippen LogP contribution in [0.2, 0.25) is 0 Å². The molecule has 0 spiro atoms. The maximum atomic E-state index is 5.61. The van der Waals surface area contributed by atoms with Gasteiger partial charge in [-0.15, -0.1) is 0 Å². The largest absolute Gasteiger partial charge is 0.380 e. The van der Waals surface area contributed by atoms with Crippen LogP contribution in [-0.2, 0) is 4.74 Å². The van der Waals surface area contributed by atoms with Gasteiger partial charge in [0.05, 0.1) is 12.1 Å².